The highest BCUT2D eigenvalue weighted by Gasteiger charge is 2.29. The van der Waals surface area contributed by atoms with Gasteiger partial charge in [-0.3, -0.25) is 4.79 Å². The first-order valence-corrected chi connectivity index (χ1v) is 6.77. The Morgan fingerprint density at radius 1 is 0.684 bits per heavy atom. The van der Waals surface area contributed by atoms with Crippen molar-refractivity contribution in [2.75, 3.05) is 0 Å². The summed E-state index contributed by atoms with van der Waals surface area (Å²) in [5, 5.41) is 0. The Morgan fingerprint density at radius 2 is 1.37 bits per heavy atom. The summed E-state index contributed by atoms with van der Waals surface area (Å²) in [6.45, 7) is 0. The smallest absolute Gasteiger partial charge is 0.189 e. The number of allylic oxidation sites excluding steroid dienone is 2. The second kappa shape index (κ2) is 3.92. The van der Waals surface area contributed by atoms with E-state index in [9.17, 15) is 4.79 Å². The first kappa shape index (κ1) is 10.7. The largest absolute Gasteiger partial charge is 0.289 e. The summed E-state index contributed by atoms with van der Waals surface area (Å²) in [5.41, 5.74) is 7.05. The van der Waals surface area contributed by atoms with Gasteiger partial charge in [-0.25, -0.2) is 0 Å². The monoisotopic (exact) mass is 246 g/mol. The summed E-state index contributed by atoms with van der Waals surface area (Å²) < 4.78 is 0. The zero-order valence-electron chi connectivity index (χ0n) is 10.6. The van der Waals surface area contributed by atoms with Crippen LogP contribution in [0.1, 0.15) is 33.5 Å². The normalized spacial score (nSPS) is 20.5. The van der Waals surface area contributed by atoms with Crippen LogP contribution < -0.4 is 0 Å². The van der Waals surface area contributed by atoms with Gasteiger partial charge in [-0.1, -0.05) is 48.5 Å². The quantitative estimate of drug-likeness (QED) is 0.646. The van der Waals surface area contributed by atoms with Gasteiger partial charge in [-0.2, -0.15) is 0 Å². The summed E-state index contributed by atoms with van der Waals surface area (Å²) in [4.78, 5) is 12.5. The van der Waals surface area contributed by atoms with Gasteiger partial charge in [0.25, 0.3) is 0 Å². The van der Waals surface area contributed by atoms with Gasteiger partial charge >= 0.3 is 0 Å². The molecule has 2 aromatic carbocycles. The second-order valence-electron chi connectivity index (χ2n) is 5.28. The average Bonchev–Trinajstić information content (AvgIpc) is 3.01. The van der Waals surface area contributed by atoms with Gasteiger partial charge in [0.05, 0.1) is 0 Å². The van der Waals surface area contributed by atoms with Crippen LogP contribution >= 0.6 is 0 Å². The van der Waals surface area contributed by atoms with Crippen LogP contribution in [0.4, 0.5) is 0 Å². The molecule has 0 fully saturated rings. The predicted octanol–water partition coefficient (Wildman–Crippen LogP) is 3.83. The first-order valence-electron chi connectivity index (χ1n) is 6.77. The molecule has 1 heteroatoms. The zero-order valence-corrected chi connectivity index (χ0v) is 10.6. The van der Waals surface area contributed by atoms with Crippen molar-refractivity contribution in [1.29, 1.82) is 0 Å². The molecule has 19 heavy (non-hydrogen) atoms. The fourth-order valence-corrected chi connectivity index (χ4v) is 3.31. The topological polar surface area (TPSA) is 17.1 Å². The van der Waals surface area contributed by atoms with E-state index >= 15 is 0 Å². The molecule has 92 valence electrons. The lowest BCUT2D eigenvalue weighted by atomic mass is 9.99. The van der Waals surface area contributed by atoms with Gasteiger partial charge in [0.1, 0.15) is 0 Å². The highest BCUT2D eigenvalue weighted by atomic mass is 16.1. The van der Waals surface area contributed by atoms with Gasteiger partial charge in [-0.05, 0) is 35.1 Å². The second-order valence-corrected chi connectivity index (χ2v) is 5.28. The van der Waals surface area contributed by atoms with Crippen molar-refractivity contribution in [3.05, 3.63) is 76.4 Å². The van der Waals surface area contributed by atoms with Crippen LogP contribution in [0.25, 0.3) is 5.57 Å². The number of aryl methyl sites for hydroxylation is 1. The minimum absolute atomic E-state index is 0.238. The third kappa shape index (κ3) is 1.51. The molecule has 0 aromatic heterocycles. The minimum Gasteiger partial charge on any atom is -0.289 e. The molecule has 0 heterocycles. The molecule has 2 aliphatic rings. The van der Waals surface area contributed by atoms with Crippen molar-refractivity contribution < 1.29 is 4.79 Å². The van der Waals surface area contributed by atoms with Crippen molar-refractivity contribution in [3.63, 3.8) is 0 Å². The summed E-state index contributed by atoms with van der Waals surface area (Å²) in [7, 11) is 0. The van der Waals surface area contributed by atoms with Crippen LogP contribution in [-0.2, 0) is 12.8 Å². The summed E-state index contributed by atoms with van der Waals surface area (Å²) in [6, 6.07) is 16.5. The van der Waals surface area contributed by atoms with Crippen molar-refractivity contribution in [3.8, 4) is 0 Å². The molecule has 0 saturated carbocycles. The number of ketones is 1. The summed E-state index contributed by atoms with van der Waals surface area (Å²) in [6.07, 6.45) is 2.88. The standard InChI is InChI=1S/C18H14O/c19-18-15-8-4-2-6-13(15)11-17(18)16-10-9-12-5-1-3-7-14(12)16/h1-8H,9-11H2. The molecule has 0 saturated heterocycles. The molecule has 0 N–H and O–H groups in total. The Kier molecular flexibility index (Phi) is 2.22. The molecule has 0 radical (unpaired) electrons. The SMILES string of the molecule is O=C1C(=C2CCc3ccccc32)Cc2ccccc21. The fourth-order valence-electron chi connectivity index (χ4n) is 3.31. The Morgan fingerprint density at radius 3 is 2.16 bits per heavy atom. The lowest BCUT2D eigenvalue weighted by Gasteiger charge is -2.04. The number of hydrogen-bond donors (Lipinski definition) is 0. The van der Waals surface area contributed by atoms with Crippen LogP contribution in [-0.4, -0.2) is 5.78 Å². The van der Waals surface area contributed by atoms with E-state index in [0.29, 0.717) is 0 Å². The third-order valence-electron chi connectivity index (χ3n) is 4.25. The number of benzene rings is 2. The van der Waals surface area contributed by atoms with Crippen molar-refractivity contribution in [2.45, 2.75) is 19.3 Å². The van der Waals surface area contributed by atoms with E-state index in [1.807, 2.05) is 18.2 Å². The lowest BCUT2D eigenvalue weighted by molar-refractivity contribution is 0.104. The maximum atomic E-state index is 12.5. The van der Waals surface area contributed by atoms with E-state index in [4.69, 9.17) is 0 Å². The molecule has 0 unspecified atom stereocenters. The van der Waals surface area contributed by atoms with Gasteiger partial charge in [0.2, 0.25) is 0 Å². The van der Waals surface area contributed by atoms with E-state index in [1.165, 1.54) is 22.3 Å². The van der Waals surface area contributed by atoms with Crippen LogP contribution in [0, 0.1) is 0 Å². The number of carbonyl (C=O) groups excluding carboxylic acids is 1. The van der Waals surface area contributed by atoms with Crippen LogP contribution in [0.3, 0.4) is 0 Å². The molecule has 0 amide bonds. The molecule has 0 aliphatic heterocycles. The Bertz CT molecular complexity index is 722. The Hall–Kier alpha value is -2.15. The zero-order chi connectivity index (χ0) is 12.8. The van der Waals surface area contributed by atoms with Crippen molar-refractivity contribution in [1.82, 2.24) is 0 Å². The lowest BCUT2D eigenvalue weighted by Crippen LogP contribution is -1.98. The fraction of sp³-hybridized carbons (Fsp3) is 0.167. The Balaban J connectivity index is 1.88. The number of hydrogen-bond acceptors (Lipinski definition) is 1. The molecular formula is C18H14O. The maximum absolute atomic E-state index is 12.5. The number of rotatable bonds is 0. The molecule has 0 bridgehead atoms. The third-order valence-corrected chi connectivity index (χ3v) is 4.25. The highest BCUT2D eigenvalue weighted by Crippen LogP contribution is 2.39. The summed E-state index contributed by atoms with van der Waals surface area (Å²) in [5.74, 6) is 0.238. The highest BCUT2D eigenvalue weighted by molar-refractivity contribution is 6.17. The predicted molar refractivity (Wildman–Crippen MR) is 76.2 cm³/mol. The maximum Gasteiger partial charge on any atom is 0.189 e. The molecular weight excluding hydrogens is 232 g/mol. The average molecular weight is 246 g/mol. The van der Waals surface area contributed by atoms with E-state index in [2.05, 4.69) is 30.3 Å². The van der Waals surface area contributed by atoms with E-state index < -0.39 is 0 Å². The van der Waals surface area contributed by atoms with Gasteiger partial charge < -0.3 is 0 Å². The van der Waals surface area contributed by atoms with Gasteiger partial charge in [-0.15, -0.1) is 0 Å². The molecule has 1 nitrogen and oxygen atoms in total. The molecule has 2 aliphatic carbocycles. The molecule has 0 atom stereocenters. The van der Waals surface area contributed by atoms with E-state index in [-0.39, 0.29) is 5.78 Å². The Labute approximate surface area is 112 Å². The number of carbonyl (C=O) groups is 1. The minimum atomic E-state index is 0.238. The van der Waals surface area contributed by atoms with Crippen LogP contribution in [0.15, 0.2) is 54.1 Å². The molecule has 4 rings (SSSR count). The molecule has 2 aromatic rings. The van der Waals surface area contributed by atoms with Gasteiger partial charge in [0, 0.05) is 17.6 Å². The van der Waals surface area contributed by atoms with Crippen LogP contribution in [0.2, 0.25) is 0 Å². The van der Waals surface area contributed by atoms with Crippen LogP contribution in [0.5, 0.6) is 0 Å². The summed E-state index contributed by atoms with van der Waals surface area (Å²) >= 11 is 0. The number of Topliss-reactive ketones (excluding diaryl/α,β-unsaturated/α-hetero) is 1. The van der Waals surface area contributed by atoms with Gasteiger partial charge in [0.15, 0.2) is 5.78 Å². The number of fused-ring (bicyclic) bond motifs is 2. The van der Waals surface area contributed by atoms with Crippen molar-refractivity contribution >= 4 is 11.4 Å². The first-order chi connectivity index (χ1) is 9.34. The van der Waals surface area contributed by atoms with Crippen molar-refractivity contribution in [2.24, 2.45) is 0 Å². The molecule has 0 spiro atoms. The van der Waals surface area contributed by atoms with E-state index in [1.54, 1.807) is 0 Å². The van der Waals surface area contributed by atoms with E-state index in [0.717, 1.165) is 30.4 Å².